The van der Waals surface area contributed by atoms with Crippen molar-refractivity contribution >= 4 is 16.7 Å². The molecule has 0 atom stereocenters. The summed E-state index contributed by atoms with van der Waals surface area (Å²) < 4.78 is 7.91. The van der Waals surface area contributed by atoms with Gasteiger partial charge in [0.1, 0.15) is 11.8 Å². The third kappa shape index (κ3) is 3.39. The second-order valence-corrected chi connectivity index (χ2v) is 6.67. The average Bonchev–Trinajstić information content (AvgIpc) is 3.12. The number of hydrogen-bond acceptors (Lipinski definition) is 3. The summed E-state index contributed by atoms with van der Waals surface area (Å²) in [6.07, 6.45) is 0. The number of Topliss-reactive ketones (excluding diaryl/α,β-unsaturated/α-hetero) is 1. The van der Waals surface area contributed by atoms with Crippen LogP contribution >= 0.6 is 0 Å². The highest BCUT2D eigenvalue weighted by Crippen LogP contribution is 2.34. The van der Waals surface area contributed by atoms with Gasteiger partial charge in [-0.2, -0.15) is 5.26 Å². The minimum absolute atomic E-state index is 0.111. The first-order valence-corrected chi connectivity index (χ1v) is 9.56. The number of nitrogens with zero attached hydrogens (tertiary/aromatic N) is 2. The zero-order valence-electron chi connectivity index (χ0n) is 16.1. The number of aryl methyl sites for hydroxylation is 1. The van der Waals surface area contributed by atoms with Crippen LogP contribution in [0.15, 0.2) is 78.9 Å². The molecule has 4 rings (SSSR count). The highest BCUT2D eigenvalue weighted by Gasteiger charge is 2.23. The van der Waals surface area contributed by atoms with Crippen molar-refractivity contribution in [2.45, 2.75) is 13.5 Å². The Kier molecular flexibility index (Phi) is 5.13. The van der Waals surface area contributed by atoms with E-state index in [9.17, 15) is 10.1 Å². The molecule has 0 fully saturated rings. The van der Waals surface area contributed by atoms with Crippen LogP contribution in [0.5, 0.6) is 5.75 Å². The van der Waals surface area contributed by atoms with E-state index < -0.39 is 0 Å². The van der Waals surface area contributed by atoms with Gasteiger partial charge in [0.2, 0.25) is 5.78 Å². The predicted molar refractivity (Wildman–Crippen MR) is 114 cm³/mol. The lowest BCUT2D eigenvalue weighted by Crippen LogP contribution is -2.13. The van der Waals surface area contributed by atoms with Crippen molar-refractivity contribution in [3.8, 4) is 23.1 Å². The molecule has 0 aliphatic carbocycles. The molecular weight excluding hydrogens is 360 g/mol. The molecule has 0 radical (unpaired) electrons. The molecule has 0 saturated heterocycles. The second-order valence-electron chi connectivity index (χ2n) is 6.67. The topological polar surface area (TPSA) is 55.0 Å². The Morgan fingerprint density at radius 3 is 2.41 bits per heavy atom. The van der Waals surface area contributed by atoms with Crippen molar-refractivity contribution in [2.75, 3.05) is 6.61 Å². The van der Waals surface area contributed by atoms with Crippen molar-refractivity contribution in [1.29, 1.82) is 5.26 Å². The van der Waals surface area contributed by atoms with Crippen LogP contribution in [0, 0.1) is 11.3 Å². The Hall–Kier alpha value is -3.84. The molecule has 0 spiro atoms. The van der Waals surface area contributed by atoms with Gasteiger partial charge in [0.15, 0.2) is 6.61 Å². The molecule has 142 valence electrons. The molecule has 0 unspecified atom stereocenters. The number of nitriles is 1. The van der Waals surface area contributed by atoms with Gasteiger partial charge in [0, 0.05) is 17.4 Å². The van der Waals surface area contributed by atoms with Gasteiger partial charge in [-0.15, -0.1) is 0 Å². The zero-order chi connectivity index (χ0) is 20.2. The van der Waals surface area contributed by atoms with Crippen LogP contribution in [0.3, 0.4) is 0 Å². The Balaban J connectivity index is 1.80. The fraction of sp³-hybridized carbons (Fsp3) is 0.120. The van der Waals surface area contributed by atoms with Crippen molar-refractivity contribution < 1.29 is 9.53 Å². The lowest BCUT2D eigenvalue weighted by Gasteiger charge is -2.11. The number of fused-ring (bicyclic) bond motifs is 1. The largest absolute Gasteiger partial charge is 0.484 e. The summed E-state index contributed by atoms with van der Waals surface area (Å²) in [7, 11) is 0. The molecule has 4 aromatic rings. The van der Waals surface area contributed by atoms with E-state index in [1.165, 1.54) is 0 Å². The van der Waals surface area contributed by atoms with Gasteiger partial charge in [0.25, 0.3) is 0 Å². The van der Waals surface area contributed by atoms with Crippen LogP contribution in [-0.2, 0) is 6.54 Å². The van der Waals surface area contributed by atoms with E-state index in [0.29, 0.717) is 16.9 Å². The number of carbonyl (C=O) groups excluding carboxylic acids is 1. The van der Waals surface area contributed by atoms with E-state index in [-0.39, 0.29) is 12.4 Å². The third-order valence-electron chi connectivity index (χ3n) is 4.98. The number of para-hydroxylation sites is 2. The van der Waals surface area contributed by atoms with Crippen molar-refractivity contribution in [2.24, 2.45) is 0 Å². The van der Waals surface area contributed by atoms with E-state index in [0.717, 1.165) is 28.7 Å². The minimum atomic E-state index is -0.129. The van der Waals surface area contributed by atoms with E-state index in [1.54, 1.807) is 24.3 Å². The van der Waals surface area contributed by atoms with Crippen LogP contribution in [0.25, 0.3) is 22.2 Å². The maximum absolute atomic E-state index is 13.3. The highest BCUT2D eigenvalue weighted by molar-refractivity contribution is 6.14. The van der Waals surface area contributed by atoms with E-state index in [1.807, 2.05) is 54.6 Å². The zero-order valence-corrected chi connectivity index (χ0v) is 16.1. The lowest BCUT2D eigenvalue weighted by molar-refractivity contribution is 0.0923. The Morgan fingerprint density at radius 1 is 0.966 bits per heavy atom. The summed E-state index contributed by atoms with van der Waals surface area (Å²) >= 11 is 0. The third-order valence-corrected chi connectivity index (χ3v) is 4.98. The maximum atomic E-state index is 13.3. The molecule has 3 aromatic carbocycles. The fourth-order valence-corrected chi connectivity index (χ4v) is 3.71. The van der Waals surface area contributed by atoms with Crippen LogP contribution < -0.4 is 4.74 Å². The quantitative estimate of drug-likeness (QED) is 0.417. The molecule has 29 heavy (non-hydrogen) atoms. The molecule has 0 bridgehead atoms. The number of carbonyl (C=O) groups is 1. The van der Waals surface area contributed by atoms with Gasteiger partial charge in [-0.3, -0.25) is 4.79 Å². The van der Waals surface area contributed by atoms with Gasteiger partial charge < -0.3 is 9.30 Å². The smallest absolute Gasteiger partial charge is 0.203 e. The first-order valence-electron chi connectivity index (χ1n) is 9.56. The fourth-order valence-electron chi connectivity index (χ4n) is 3.71. The van der Waals surface area contributed by atoms with Crippen molar-refractivity contribution in [1.82, 2.24) is 4.57 Å². The molecule has 4 heteroatoms. The number of ketones is 1. The Bertz CT molecular complexity index is 1220. The monoisotopic (exact) mass is 380 g/mol. The van der Waals surface area contributed by atoms with Crippen LogP contribution in [-0.4, -0.2) is 17.0 Å². The predicted octanol–water partition coefficient (Wildman–Crippen LogP) is 5.46. The summed E-state index contributed by atoms with van der Waals surface area (Å²) in [4.78, 5) is 13.3. The Morgan fingerprint density at radius 2 is 1.66 bits per heavy atom. The molecular formula is C25H20N2O2. The number of hydrogen-bond donors (Lipinski definition) is 0. The summed E-state index contributed by atoms with van der Waals surface area (Å²) in [6, 6.07) is 26.9. The van der Waals surface area contributed by atoms with E-state index >= 15 is 0 Å². The first-order chi connectivity index (χ1) is 14.2. The summed E-state index contributed by atoms with van der Waals surface area (Å²) in [5.74, 6) is 0.309. The average molecular weight is 380 g/mol. The number of aromatic nitrogens is 1. The standard InChI is InChI=1S/C25H20N2O2/c1-2-27-21-14-8-7-13-20(21)24(25(27)18-10-4-3-5-11-18)22(28)17-29-23-15-9-6-12-19(23)16-26/h3-15H,2,17H2,1H3. The van der Waals surface area contributed by atoms with Gasteiger partial charge in [-0.25, -0.2) is 0 Å². The number of benzene rings is 3. The molecule has 4 nitrogen and oxygen atoms in total. The molecule has 0 aliphatic rings. The van der Waals surface area contributed by atoms with Crippen LogP contribution in [0.1, 0.15) is 22.8 Å². The van der Waals surface area contributed by atoms with Crippen LogP contribution in [0.2, 0.25) is 0 Å². The molecule has 0 aliphatic heterocycles. The van der Waals surface area contributed by atoms with Gasteiger partial charge in [-0.1, -0.05) is 60.7 Å². The van der Waals surface area contributed by atoms with E-state index in [2.05, 4.69) is 17.6 Å². The summed E-state index contributed by atoms with van der Waals surface area (Å²) in [5.41, 5.74) is 3.99. The number of rotatable bonds is 6. The van der Waals surface area contributed by atoms with Gasteiger partial charge in [-0.05, 0) is 30.7 Å². The number of ether oxygens (including phenoxy) is 1. The van der Waals surface area contributed by atoms with E-state index in [4.69, 9.17) is 4.74 Å². The van der Waals surface area contributed by atoms with Gasteiger partial charge in [0.05, 0.1) is 16.8 Å². The molecule has 0 saturated carbocycles. The Labute approximate surface area is 169 Å². The molecule has 0 N–H and O–H groups in total. The van der Waals surface area contributed by atoms with Crippen molar-refractivity contribution in [3.05, 3.63) is 90.0 Å². The minimum Gasteiger partial charge on any atom is -0.484 e. The highest BCUT2D eigenvalue weighted by atomic mass is 16.5. The molecule has 0 amide bonds. The summed E-state index contributed by atoms with van der Waals surface area (Å²) in [5, 5.41) is 10.2. The SMILES string of the molecule is CCn1c(-c2ccccc2)c(C(=O)COc2ccccc2C#N)c2ccccc21. The summed E-state index contributed by atoms with van der Waals surface area (Å²) in [6.45, 7) is 2.69. The normalized spacial score (nSPS) is 10.6. The first kappa shape index (κ1) is 18.5. The van der Waals surface area contributed by atoms with Crippen LogP contribution in [0.4, 0.5) is 0 Å². The molecule has 1 aromatic heterocycles. The van der Waals surface area contributed by atoms with Crippen molar-refractivity contribution in [3.63, 3.8) is 0 Å². The maximum Gasteiger partial charge on any atom is 0.203 e. The molecule has 1 heterocycles. The van der Waals surface area contributed by atoms with Gasteiger partial charge >= 0.3 is 0 Å². The lowest BCUT2D eigenvalue weighted by atomic mass is 10.0. The second kappa shape index (κ2) is 8.04.